The van der Waals surface area contributed by atoms with Crippen molar-refractivity contribution in [3.63, 3.8) is 0 Å². The molecule has 5 atom stereocenters. The van der Waals surface area contributed by atoms with E-state index in [0.29, 0.717) is 0 Å². The van der Waals surface area contributed by atoms with Gasteiger partial charge in [-0.1, -0.05) is 13.3 Å². The zero-order chi connectivity index (χ0) is 16.7. The van der Waals surface area contributed by atoms with Gasteiger partial charge in [-0.2, -0.15) is 0 Å². The highest BCUT2D eigenvalue weighted by Gasteiger charge is 2.42. The van der Waals surface area contributed by atoms with Crippen molar-refractivity contribution < 1.29 is 9.84 Å². The van der Waals surface area contributed by atoms with Crippen LogP contribution >= 0.6 is 12.4 Å². The number of nitrogens with zero attached hydrogens (tertiary/aromatic N) is 2. The highest BCUT2D eigenvalue weighted by Crippen LogP contribution is 2.42. The molecular formula is C20H27ClN2O2. The quantitative estimate of drug-likeness (QED) is 0.898. The first-order chi connectivity index (χ1) is 11.7. The first-order valence-corrected chi connectivity index (χ1v) is 9.06. The predicted octanol–water partition coefficient (Wildman–Crippen LogP) is 3.82. The number of methoxy groups -OCH3 is 1. The molecule has 1 aromatic carbocycles. The molecule has 2 aromatic rings. The number of halogens is 1. The van der Waals surface area contributed by atoms with Gasteiger partial charge in [-0.3, -0.25) is 9.88 Å². The Hall–Kier alpha value is -1.36. The fourth-order valence-corrected chi connectivity index (χ4v) is 4.71. The van der Waals surface area contributed by atoms with Crippen LogP contribution in [0.4, 0.5) is 0 Å². The van der Waals surface area contributed by atoms with Gasteiger partial charge in [0.2, 0.25) is 0 Å². The predicted molar refractivity (Wildman–Crippen MR) is 102 cm³/mol. The van der Waals surface area contributed by atoms with Crippen molar-refractivity contribution in [2.24, 2.45) is 11.8 Å². The van der Waals surface area contributed by atoms with Crippen molar-refractivity contribution in [2.45, 2.75) is 38.3 Å². The monoisotopic (exact) mass is 362 g/mol. The summed E-state index contributed by atoms with van der Waals surface area (Å²) in [4.78, 5) is 6.94. The highest BCUT2D eigenvalue weighted by molar-refractivity contribution is 5.85. The smallest absolute Gasteiger partial charge is 0.119 e. The second-order valence-electron chi connectivity index (χ2n) is 7.24. The molecular weight excluding hydrogens is 336 g/mol. The average Bonchev–Trinajstić information content (AvgIpc) is 2.66. The number of pyridine rings is 1. The Balaban J connectivity index is 0.00000182. The first-order valence-electron chi connectivity index (χ1n) is 9.06. The van der Waals surface area contributed by atoms with Gasteiger partial charge in [-0.05, 0) is 61.1 Å². The molecule has 0 amide bonds. The van der Waals surface area contributed by atoms with Gasteiger partial charge in [0.25, 0.3) is 0 Å². The van der Waals surface area contributed by atoms with E-state index in [-0.39, 0.29) is 18.4 Å². The molecule has 25 heavy (non-hydrogen) atoms. The van der Waals surface area contributed by atoms with E-state index in [1.54, 1.807) is 13.3 Å². The summed E-state index contributed by atoms with van der Waals surface area (Å²) in [5.41, 5.74) is 1.89. The van der Waals surface area contributed by atoms with Gasteiger partial charge < -0.3 is 9.84 Å². The Labute approximate surface area is 155 Å². The van der Waals surface area contributed by atoms with Crippen molar-refractivity contribution in [3.8, 4) is 5.75 Å². The summed E-state index contributed by atoms with van der Waals surface area (Å²) in [6.45, 7) is 4.55. The summed E-state index contributed by atoms with van der Waals surface area (Å²) in [6, 6.07) is 8.07. The van der Waals surface area contributed by atoms with E-state index in [2.05, 4.69) is 16.8 Å². The van der Waals surface area contributed by atoms with Crippen molar-refractivity contribution >= 4 is 23.3 Å². The maximum absolute atomic E-state index is 11.2. The molecule has 3 saturated heterocycles. The van der Waals surface area contributed by atoms with Crippen LogP contribution in [0.15, 0.2) is 30.5 Å². The molecule has 3 fully saturated rings. The molecule has 4 nitrogen and oxygen atoms in total. The Morgan fingerprint density at radius 3 is 2.88 bits per heavy atom. The second kappa shape index (κ2) is 7.48. The van der Waals surface area contributed by atoms with E-state index in [1.165, 1.54) is 12.8 Å². The summed E-state index contributed by atoms with van der Waals surface area (Å²) in [7, 11) is 1.67. The fourth-order valence-electron chi connectivity index (χ4n) is 4.71. The highest BCUT2D eigenvalue weighted by atomic mass is 35.5. The Bertz CT molecular complexity index is 739. The lowest BCUT2D eigenvalue weighted by molar-refractivity contribution is -0.0562. The third-order valence-corrected chi connectivity index (χ3v) is 6.13. The van der Waals surface area contributed by atoms with Gasteiger partial charge in [0.05, 0.1) is 18.7 Å². The largest absolute Gasteiger partial charge is 0.497 e. The zero-order valence-electron chi connectivity index (χ0n) is 14.9. The third-order valence-electron chi connectivity index (χ3n) is 6.13. The molecule has 4 heterocycles. The first kappa shape index (κ1) is 18.4. The fraction of sp³-hybridized carbons (Fsp3) is 0.550. The van der Waals surface area contributed by atoms with Crippen molar-refractivity contribution in [3.05, 3.63) is 36.0 Å². The number of hydrogen-bond acceptors (Lipinski definition) is 4. The van der Waals surface area contributed by atoms with Crippen LogP contribution in [0.3, 0.4) is 0 Å². The van der Waals surface area contributed by atoms with Crippen LogP contribution in [0.2, 0.25) is 0 Å². The standard InChI is InChI=1S/C20H26N2O2.ClH/c1-3-13-12-22-9-7-14(13)10-19(22)20(23)16-6-8-21-18-5-4-15(24-2)11-17(16)18;/h4-6,8,11,13-14,19-20,23H,3,7,9-10,12H2,1-2H3;1H/t13-,14-,19+,20-;/m1./s1. The number of aromatic nitrogens is 1. The van der Waals surface area contributed by atoms with E-state index < -0.39 is 6.10 Å². The summed E-state index contributed by atoms with van der Waals surface area (Å²) >= 11 is 0. The van der Waals surface area contributed by atoms with Crippen LogP contribution in [0.1, 0.15) is 37.9 Å². The molecule has 0 radical (unpaired) electrons. The SMILES string of the molecule is CC[C@@H]1CN2CC[C@@H]1C[C@H]2[C@H](O)c1ccnc2ccc(OC)cc12.Cl. The molecule has 1 N–H and O–H groups in total. The molecule has 3 aliphatic heterocycles. The molecule has 0 spiro atoms. The van der Waals surface area contributed by atoms with Crippen LogP contribution in [0, 0.1) is 11.8 Å². The van der Waals surface area contributed by atoms with Gasteiger partial charge >= 0.3 is 0 Å². The normalized spacial score (nSPS) is 29.2. The van der Waals surface area contributed by atoms with Crippen LogP contribution < -0.4 is 4.74 Å². The molecule has 0 saturated carbocycles. The van der Waals surface area contributed by atoms with E-state index in [4.69, 9.17) is 4.74 Å². The molecule has 0 aliphatic carbocycles. The lowest BCUT2D eigenvalue weighted by Gasteiger charge is -2.51. The number of rotatable bonds is 4. The van der Waals surface area contributed by atoms with Gasteiger partial charge in [0, 0.05) is 24.2 Å². The maximum atomic E-state index is 11.2. The number of fused-ring (bicyclic) bond motifs is 4. The number of aliphatic hydroxyl groups excluding tert-OH is 1. The zero-order valence-corrected chi connectivity index (χ0v) is 15.7. The van der Waals surface area contributed by atoms with E-state index in [0.717, 1.165) is 53.6 Å². The van der Waals surface area contributed by atoms with E-state index in [9.17, 15) is 5.11 Å². The van der Waals surface area contributed by atoms with Gasteiger partial charge in [-0.25, -0.2) is 0 Å². The minimum atomic E-state index is -0.469. The third kappa shape index (κ3) is 3.23. The lowest BCUT2D eigenvalue weighted by Crippen LogP contribution is -2.55. The van der Waals surface area contributed by atoms with E-state index in [1.807, 2.05) is 24.3 Å². The summed E-state index contributed by atoms with van der Waals surface area (Å²) < 4.78 is 5.36. The van der Waals surface area contributed by atoms with Crippen molar-refractivity contribution in [1.29, 1.82) is 0 Å². The second-order valence-corrected chi connectivity index (χ2v) is 7.24. The number of hydrogen-bond donors (Lipinski definition) is 1. The minimum Gasteiger partial charge on any atom is -0.497 e. The maximum Gasteiger partial charge on any atom is 0.119 e. The molecule has 136 valence electrons. The minimum absolute atomic E-state index is 0. The van der Waals surface area contributed by atoms with Crippen molar-refractivity contribution in [1.82, 2.24) is 9.88 Å². The lowest BCUT2D eigenvalue weighted by atomic mass is 9.72. The Kier molecular flexibility index (Phi) is 5.52. The molecule has 3 aliphatic rings. The topological polar surface area (TPSA) is 45.6 Å². The number of ether oxygens (including phenoxy) is 1. The van der Waals surface area contributed by atoms with Crippen LogP contribution in [0.5, 0.6) is 5.75 Å². The van der Waals surface area contributed by atoms with E-state index >= 15 is 0 Å². The van der Waals surface area contributed by atoms with Gasteiger partial charge in [0.1, 0.15) is 5.75 Å². The van der Waals surface area contributed by atoms with Crippen LogP contribution in [-0.2, 0) is 0 Å². The summed E-state index contributed by atoms with van der Waals surface area (Å²) in [5, 5.41) is 12.2. The van der Waals surface area contributed by atoms with Crippen LogP contribution in [-0.4, -0.2) is 41.2 Å². The number of piperidine rings is 3. The van der Waals surface area contributed by atoms with Crippen LogP contribution in [0.25, 0.3) is 10.9 Å². The molecule has 5 heteroatoms. The Morgan fingerprint density at radius 2 is 2.20 bits per heavy atom. The average molecular weight is 363 g/mol. The summed E-state index contributed by atoms with van der Waals surface area (Å²) in [5.74, 6) is 2.37. The molecule has 1 aromatic heterocycles. The molecule has 5 rings (SSSR count). The summed E-state index contributed by atoms with van der Waals surface area (Å²) in [6.07, 6.45) is 4.97. The molecule has 1 unspecified atom stereocenters. The number of aliphatic hydroxyl groups is 1. The van der Waals surface area contributed by atoms with Gasteiger partial charge in [-0.15, -0.1) is 12.4 Å². The number of benzene rings is 1. The van der Waals surface area contributed by atoms with Gasteiger partial charge in [0.15, 0.2) is 0 Å². The van der Waals surface area contributed by atoms with Crippen molar-refractivity contribution in [2.75, 3.05) is 20.2 Å². The Morgan fingerprint density at radius 1 is 1.36 bits per heavy atom. The molecule has 2 bridgehead atoms.